The van der Waals surface area contributed by atoms with Gasteiger partial charge in [0.15, 0.2) is 14.1 Å². The van der Waals surface area contributed by atoms with Gasteiger partial charge in [-0.2, -0.15) is 0 Å². The minimum absolute atomic E-state index is 0.0822. The number of ether oxygens (including phenoxy) is 4. The SMILES string of the molecule is CC1(C)O[C@H]([C@H](OCc2ccccc2)c2ccccc2)[C@H](OCc2ccccc2)[C@H](CO[Si](C)(C)C(C)(C)C)O1. The standard InChI is InChI=1S/C34H46O5Si/c1-33(2,3)40(6,7)37-25-29-31(36-24-27-19-13-9-14-20-27)32(39-34(4,5)38-29)30(28-21-15-10-16-22-28)35-23-26-17-11-8-12-18-26/h8-22,29-32H,23-25H2,1-7H3/t29-,30+,31+,32+/m0/s1. The van der Waals surface area contributed by atoms with Crippen LogP contribution in [0.4, 0.5) is 0 Å². The van der Waals surface area contributed by atoms with Crippen molar-refractivity contribution in [2.24, 2.45) is 0 Å². The highest BCUT2D eigenvalue weighted by Gasteiger charge is 2.49. The van der Waals surface area contributed by atoms with Gasteiger partial charge < -0.3 is 23.4 Å². The Bertz CT molecular complexity index is 1160. The zero-order valence-electron chi connectivity index (χ0n) is 25.1. The van der Waals surface area contributed by atoms with Gasteiger partial charge in [-0.25, -0.2) is 0 Å². The first kappa shape index (κ1) is 30.6. The normalized spacial score (nSPS) is 22.1. The zero-order chi connectivity index (χ0) is 28.8. The van der Waals surface area contributed by atoms with Crippen LogP contribution in [0.1, 0.15) is 57.4 Å². The number of hydrogen-bond acceptors (Lipinski definition) is 5. The van der Waals surface area contributed by atoms with Crippen molar-refractivity contribution in [3.8, 4) is 0 Å². The summed E-state index contributed by atoms with van der Waals surface area (Å²) in [6, 6.07) is 30.7. The van der Waals surface area contributed by atoms with Gasteiger partial charge >= 0.3 is 0 Å². The van der Waals surface area contributed by atoms with Crippen molar-refractivity contribution >= 4 is 8.32 Å². The molecule has 0 spiro atoms. The van der Waals surface area contributed by atoms with Gasteiger partial charge in [0.1, 0.15) is 24.4 Å². The molecule has 40 heavy (non-hydrogen) atoms. The lowest BCUT2D eigenvalue weighted by Crippen LogP contribution is -2.59. The Balaban J connectivity index is 1.67. The number of rotatable bonds is 11. The lowest BCUT2D eigenvalue weighted by Gasteiger charge is -2.49. The van der Waals surface area contributed by atoms with Crippen LogP contribution in [0, 0.1) is 0 Å². The van der Waals surface area contributed by atoms with E-state index in [2.05, 4.69) is 70.3 Å². The second-order valence-electron chi connectivity index (χ2n) is 12.6. The van der Waals surface area contributed by atoms with E-state index in [0.717, 1.165) is 16.7 Å². The topological polar surface area (TPSA) is 46.2 Å². The Morgan fingerprint density at radius 2 is 1.30 bits per heavy atom. The third-order valence-corrected chi connectivity index (χ3v) is 12.4. The smallest absolute Gasteiger partial charge is 0.192 e. The molecule has 1 saturated heterocycles. The maximum Gasteiger partial charge on any atom is 0.192 e. The third-order valence-electron chi connectivity index (χ3n) is 7.94. The minimum Gasteiger partial charge on any atom is -0.414 e. The summed E-state index contributed by atoms with van der Waals surface area (Å²) in [6.45, 7) is 16.5. The van der Waals surface area contributed by atoms with Crippen LogP contribution in [0.25, 0.3) is 0 Å². The Hall–Kier alpha value is -2.32. The van der Waals surface area contributed by atoms with Crippen LogP contribution in [0.3, 0.4) is 0 Å². The molecule has 4 rings (SSSR count). The molecule has 0 saturated carbocycles. The van der Waals surface area contributed by atoms with Gasteiger partial charge in [-0.1, -0.05) is 112 Å². The predicted molar refractivity (Wildman–Crippen MR) is 162 cm³/mol. The highest BCUT2D eigenvalue weighted by atomic mass is 28.4. The van der Waals surface area contributed by atoms with Gasteiger partial charge in [0.25, 0.3) is 0 Å². The van der Waals surface area contributed by atoms with Crippen molar-refractivity contribution in [1.29, 1.82) is 0 Å². The molecule has 1 aliphatic heterocycles. The summed E-state index contributed by atoms with van der Waals surface area (Å²) < 4.78 is 33.3. The van der Waals surface area contributed by atoms with Gasteiger partial charge in [-0.15, -0.1) is 0 Å². The molecule has 4 atom stereocenters. The highest BCUT2D eigenvalue weighted by Crippen LogP contribution is 2.40. The van der Waals surface area contributed by atoms with Crippen molar-refractivity contribution in [2.75, 3.05) is 6.61 Å². The maximum absolute atomic E-state index is 6.71. The fraction of sp³-hybridized carbons (Fsp3) is 0.471. The van der Waals surface area contributed by atoms with E-state index in [0.29, 0.717) is 19.8 Å². The third kappa shape index (κ3) is 8.12. The average molecular weight is 563 g/mol. The Kier molecular flexibility index (Phi) is 10.0. The molecule has 3 aromatic carbocycles. The quantitative estimate of drug-likeness (QED) is 0.221. The maximum atomic E-state index is 6.71. The average Bonchev–Trinajstić information content (AvgIpc) is 2.92. The molecule has 1 aliphatic rings. The molecule has 3 aromatic rings. The zero-order valence-corrected chi connectivity index (χ0v) is 26.1. The van der Waals surface area contributed by atoms with Crippen LogP contribution in [0.15, 0.2) is 91.0 Å². The molecule has 0 aliphatic carbocycles. The summed E-state index contributed by atoms with van der Waals surface area (Å²) in [6.07, 6.45) is -1.55. The second kappa shape index (κ2) is 13.1. The lowest BCUT2D eigenvalue weighted by atomic mass is 9.94. The summed E-state index contributed by atoms with van der Waals surface area (Å²) in [7, 11) is -2.03. The number of hydrogen-bond donors (Lipinski definition) is 0. The van der Waals surface area contributed by atoms with Crippen molar-refractivity contribution < 1.29 is 23.4 Å². The van der Waals surface area contributed by atoms with E-state index in [9.17, 15) is 0 Å². The predicted octanol–water partition coefficient (Wildman–Crippen LogP) is 8.07. The van der Waals surface area contributed by atoms with E-state index in [1.807, 2.05) is 68.4 Å². The molecule has 0 amide bonds. The second-order valence-corrected chi connectivity index (χ2v) is 17.4. The van der Waals surface area contributed by atoms with Gasteiger partial charge in [0, 0.05) is 0 Å². The first-order valence-corrected chi connectivity index (χ1v) is 17.2. The van der Waals surface area contributed by atoms with Crippen molar-refractivity contribution in [3.05, 3.63) is 108 Å². The van der Waals surface area contributed by atoms with E-state index in [1.54, 1.807) is 0 Å². The van der Waals surface area contributed by atoms with Gasteiger partial charge in [0.05, 0.1) is 19.8 Å². The molecule has 216 valence electrons. The van der Waals surface area contributed by atoms with Crippen molar-refractivity contribution in [2.45, 2.75) is 96.2 Å². The molecule has 1 heterocycles. The van der Waals surface area contributed by atoms with Crippen LogP contribution in [0.5, 0.6) is 0 Å². The van der Waals surface area contributed by atoms with Gasteiger partial charge in [-0.05, 0) is 48.7 Å². The summed E-state index contributed by atoms with van der Waals surface area (Å²) in [5, 5.41) is 0.0822. The van der Waals surface area contributed by atoms with Crippen LogP contribution in [-0.4, -0.2) is 39.0 Å². The first-order valence-electron chi connectivity index (χ1n) is 14.3. The Morgan fingerprint density at radius 1 is 0.775 bits per heavy atom. The number of benzene rings is 3. The van der Waals surface area contributed by atoms with E-state index in [-0.39, 0.29) is 17.2 Å². The van der Waals surface area contributed by atoms with Crippen LogP contribution < -0.4 is 0 Å². The van der Waals surface area contributed by atoms with Crippen LogP contribution >= 0.6 is 0 Å². The summed E-state index contributed by atoms with van der Waals surface area (Å²) >= 11 is 0. The molecular weight excluding hydrogens is 516 g/mol. The van der Waals surface area contributed by atoms with E-state index >= 15 is 0 Å². The van der Waals surface area contributed by atoms with Crippen LogP contribution in [-0.2, 0) is 36.6 Å². The fourth-order valence-corrected chi connectivity index (χ4v) is 5.70. The van der Waals surface area contributed by atoms with E-state index in [1.165, 1.54) is 0 Å². The monoisotopic (exact) mass is 562 g/mol. The van der Waals surface area contributed by atoms with Crippen molar-refractivity contribution in [3.63, 3.8) is 0 Å². The van der Waals surface area contributed by atoms with Gasteiger partial charge in [-0.3, -0.25) is 0 Å². The van der Waals surface area contributed by atoms with E-state index < -0.39 is 26.3 Å². The fourth-order valence-electron chi connectivity index (χ4n) is 4.69. The molecule has 0 N–H and O–H groups in total. The molecule has 0 unspecified atom stereocenters. The molecule has 0 aromatic heterocycles. The molecule has 6 heteroatoms. The Labute approximate surface area is 241 Å². The summed E-state index contributed by atoms with van der Waals surface area (Å²) in [5.74, 6) is -0.845. The molecule has 0 bridgehead atoms. The first-order chi connectivity index (χ1) is 19.0. The molecular formula is C34H46O5Si. The summed E-state index contributed by atoms with van der Waals surface area (Å²) in [5.41, 5.74) is 3.24. The highest BCUT2D eigenvalue weighted by molar-refractivity contribution is 6.74. The van der Waals surface area contributed by atoms with Crippen molar-refractivity contribution in [1.82, 2.24) is 0 Å². The Morgan fingerprint density at radius 3 is 1.85 bits per heavy atom. The molecule has 1 fully saturated rings. The van der Waals surface area contributed by atoms with Gasteiger partial charge in [0.2, 0.25) is 0 Å². The lowest BCUT2D eigenvalue weighted by molar-refractivity contribution is -0.358. The van der Waals surface area contributed by atoms with Crippen LogP contribution in [0.2, 0.25) is 18.1 Å². The largest absolute Gasteiger partial charge is 0.414 e. The minimum atomic E-state index is -2.03. The molecule has 0 radical (unpaired) electrons. The summed E-state index contributed by atoms with van der Waals surface area (Å²) in [4.78, 5) is 0. The van der Waals surface area contributed by atoms with E-state index in [4.69, 9.17) is 23.4 Å². The molecule has 5 nitrogen and oxygen atoms in total.